The Balaban J connectivity index is 2.16. The predicted molar refractivity (Wildman–Crippen MR) is 106 cm³/mol. The van der Waals surface area contributed by atoms with Crippen molar-refractivity contribution in [3.63, 3.8) is 0 Å². The Bertz CT molecular complexity index is 877. The zero-order valence-electron chi connectivity index (χ0n) is 16.9. The third-order valence-corrected chi connectivity index (χ3v) is 4.29. The van der Waals surface area contributed by atoms with Crippen LogP contribution in [0.5, 0.6) is 0 Å². The number of hydrazine groups is 1. The first-order chi connectivity index (χ1) is 15.2. The predicted octanol–water partition coefficient (Wildman–Crippen LogP) is 0.0560. The minimum absolute atomic E-state index is 0.0515. The smallest absolute Gasteiger partial charge is 0.441 e. The summed E-state index contributed by atoms with van der Waals surface area (Å²) in [5.74, 6) is -3.27. The van der Waals surface area contributed by atoms with Gasteiger partial charge in [-0.3, -0.25) is 15.0 Å². The second-order valence-corrected chi connectivity index (χ2v) is 6.61. The van der Waals surface area contributed by atoms with Crippen LogP contribution in [0, 0.1) is 15.5 Å². The molecule has 1 saturated heterocycles. The van der Waals surface area contributed by atoms with Crippen LogP contribution in [0.4, 0.5) is 4.79 Å². The van der Waals surface area contributed by atoms with Gasteiger partial charge in [0.05, 0.1) is 0 Å². The second kappa shape index (κ2) is 11.2. The number of hydroxylamine groups is 2. The molecule has 1 aromatic carbocycles. The van der Waals surface area contributed by atoms with Crippen molar-refractivity contribution < 1.29 is 33.8 Å². The van der Waals surface area contributed by atoms with E-state index in [1.54, 1.807) is 30.3 Å². The van der Waals surface area contributed by atoms with Gasteiger partial charge in [0, 0.05) is 19.4 Å². The molecule has 0 radical (unpaired) electrons. The van der Waals surface area contributed by atoms with E-state index in [9.17, 15) is 29.3 Å². The molecule has 0 spiro atoms. The Hall–Kier alpha value is -4.23. The van der Waals surface area contributed by atoms with Crippen LogP contribution >= 0.6 is 0 Å². The third-order valence-electron chi connectivity index (χ3n) is 4.29. The molecule has 14 nitrogen and oxygen atoms in total. The van der Waals surface area contributed by atoms with Gasteiger partial charge in [0.25, 0.3) is 11.8 Å². The van der Waals surface area contributed by atoms with Crippen LogP contribution in [0.15, 0.2) is 30.3 Å². The van der Waals surface area contributed by atoms with Gasteiger partial charge < -0.3 is 20.6 Å². The minimum Gasteiger partial charge on any atom is -0.441 e. The lowest BCUT2D eigenvalue weighted by molar-refractivity contribution is -0.641. The molecule has 1 fully saturated rings. The number of benzene rings is 1. The zero-order valence-corrected chi connectivity index (χ0v) is 16.9. The number of nitro groups is 1. The molecule has 14 heteroatoms. The van der Waals surface area contributed by atoms with E-state index < -0.39 is 35.0 Å². The van der Waals surface area contributed by atoms with Crippen molar-refractivity contribution in [3.8, 4) is 0 Å². The van der Waals surface area contributed by atoms with Crippen molar-refractivity contribution in [2.24, 2.45) is 5.73 Å². The van der Waals surface area contributed by atoms with Crippen molar-refractivity contribution in [2.75, 3.05) is 6.54 Å². The van der Waals surface area contributed by atoms with E-state index in [-0.39, 0.29) is 54.9 Å². The van der Waals surface area contributed by atoms with E-state index in [0.717, 1.165) is 0 Å². The normalized spacial score (nSPS) is 13.9. The Morgan fingerprint density at radius 3 is 2.44 bits per heavy atom. The van der Waals surface area contributed by atoms with E-state index in [1.807, 2.05) is 0 Å². The van der Waals surface area contributed by atoms with Crippen LogP contribution in [0.2, 0.25) is 0 Å². The van der Waals surface area contributed by atoms with E-state index in [0.29, 0.717) is 5.56 Å². The fourth-order valence-electron chi connectivity index (χ4n) is 2.76. The Morgan fingerprint density at radius 1 is 1.25 bits per heavy atom. The molecular weight excluding hydrogens is 428 g/mol. The number of imide groups is 1. The van der Waals surface area contributed by atoms with E-state index in [4.69, 9.17) is 20.7 Å². The highest BCUT2D eigenvalue weighted by Crippen LogP contribution is 2.17. The summed E-state index contributed by atoms with van der Waals surface area (Å²) in [5, 5.41) is 20.2. The fourth-order valence-corrected chi connectivity index (χ4v) is 2.76. The summed E-state index contributed by atoms with van der Waals surface area (Å²) in [6.07, 6.45) is -2.03. The highest BCUT2D eigenvalue weighted by molar-refractivity contribution is 6.01. The number of rotatable bonds is 10. The molecule has 0 aromatic heterocycles. The number of nitrogens with zero attached hydrogens (tertiary/aromatic N) is 3. The summed E-state index contributed by atoms with van der Waals surface area (Å²) in [6, 6.07) is 6.54. The SMILES string of the molecule is N=C(N)NCCC[C@@H](C(=O)ON1C(=O)CCC1=O)N(C(=O)OCc1ccccc1)[N+](=O)[O-]. The van der Waals surface area contributed by atoms with Crippen LogP contribution in [0.3, 0.4) is 0 Å². The number of ether oxygens (including phenoxy) is 1. The summed E-state index contributed by atoms with van der Waals surface area (Å²) in [4.78, 5) is 64.9. The van der Waals surface area contributed by atoms with Gasteiger partial charge in [-0.2, -0.15) is 0 Å². The van der Waals surface area contributed by atoms with Crippen LogP contribution in [0.1, 0.15) is 31.2 Å². The highest BCUT2D eigenvalue weighted by atomic mass is 16.7. The van der Waals surface area contributed by atoms with Crippen LogP contribution < -0.4 is 11.1 Å². The first-order valence-electron chi connectivity index (χ1n) is 9.50. The number of carbonyl (C=O) groups is 4. The summed E-state index contributed by atoms with van der Waals surface area (Å²) >= 11 is 0. The summed E-state index contributed by atoms with van der Waals surface area (Å²) in [5.41, 5.74) is 5.72. The van der Waals surface area contributed by atoms with Crippen molar-refractivity contribution >= 4 is 29.8 Å². The molecule has 0 bridgehead atoms. The number of nitrogens with two attached hydrogens (primary N) is 1. The molecule has 1 atom stereocenters. The number of nitrogens with one attached hydrogen (secondary N) is 2. The van der Waals surface area contributed by atoms with E-state index in [2.05, 4.69) is 5.32 Å². The average Bonchev–Trinajstić information content (AvgIpc) is 3.06. The van der Waals surface area contributed by atoms with Gasteiger partial charge in [0.15, 0.2) is 11.0 Å². The molecule has 1 aromatic rings. The molecule has 0 aliphatic carbocycles. The molecule has 32 heavy (non-hydrogen) atoms. The minimum atomic E-state index is -1.82. The van der Waals surface area contributed by atoms with E-state index in [1.165, 1.54) is 0 Å². The Kier molecular flexibility index (Phi) is 8.45. The molecule has 1 aliphatic heterocycles. The lowest BCUT2D eigenvalue weighted by Crippen LogP contribution is -2.51. The number of carbonyl (C=O) groups excluding carboxylic acids is 4. The van der Waals surface area contributed by atoms with Crippen molar-refractivity contribution in [1.82, 2.24) is 15.4 Å². The topological polar surface area (TPSA) is 198 Å². The molecular formula is C18H22N6O8. The number of hydrogen-bond donors (Lipinski definition) is 3. The van der Waals surface area contributed by atoms with Gasteiger partial charge in [0.1, 0.15) is 6.61 Å². The van der Waals surface area contributed by atoms with Gasteiger partial charge in [-0.1, -0.05) is 30.3 Å². The lowest BCUT2D eigenvalue weighted by atomic mass is 10.1. The largest absolute Gasteiger partial charge is 0.469 e. The summed E-state index contributed by atoms with van der Waals surface area (Å²) < 4.78 is 4.96. The van der Waals surface area contributed by atoms with Gasteiger partial charge in [-0.05, 0) is 23.4 Å². The Morgan fingerprint density at radius 2 is 1.88 bits per heavy atom. The first-order valence-corrected chi connectivity index (χ1v) is 9.50. The molecule has 0 saturated carbocycles. The van der Waals surface area contributed by atoms with Crippen LogP contribution in [0.25, 0.3) is 0 Å². The monoisotopic (exact) mass is 450 g/mol. The number of hydrogen-bond acceptors (Lipinski definition) is 9. The van der Waals surface area contributed by atoms with Gasteiger partial charge in [-0.15, -0.1) is 5.06 Å². The maximum atomic E-state index is 12.6. The average molecular weight is 450 g/mol. The highest BCUT2D eigenvalue weighted by Gasteiger charge is 2.44. The quantitative estimate of drug-likeness (QED) is 0.109. The lowest BCUT2D eigenvalue weighted by Gasteiger charge is -2.22. The van der Waals surface area contributed by atoms with Crippen LogP contribution in [-0.4, -0.2) is 57.5 Å². The summed E-state index contributed by atoms with van der Waals surface area (Å²) in [6.45, 7) is -0.230. The molecule has 2 rings (SSSR count). The zero-order chi connectivity index (χ0) is 23.7. The first kappa shape index (κ1) is 24.0. The molecule has 4 N–H and O–H groups in total. The number of amides is 3. The molecule has 3 amide bonds. The fraction of sp³-hybridized carbons (Fsp3) is 0.389. The number of guanidine groups is 1. The molecule has 1 heterocycles. The van der Waals surface area contributed by atoms with Gasteiger partial charge >= 0.3 is 12.1 Å². The van der Waals surface area contributed by atoms with Crippen molar-refractivity contribution in [1.29, 1.82) is 5.41 Å². The van der Waals surface area contributed by atoms with Gasteiger partial charge in [-0.25, -0.2) is 19.7 Å². The summed E-state index contributed by atoms with van der Waals surface area (Å²) in [7, 11) is 0. The standard InChI is InChI=1S/C18H22N6O8/c19-17(20)21-10-4-7-13(16(27)32-23-14(25)8-9-15(23)26)22(24(29)30)18(28)31-11-12-5-2-1-3-6-12/h1-3,5-6,13H,4,7-11H2,(H4,19,20,21)/t13-/m0/s1. The van der Waals surface area contributed by atoms with Crippen molar-refractivity contribution in [2.45, 2.75) is 38.3 Å². The van der Waals surface area contributed by atoms with E-state index >= 15 is 0 Å². The Labute approximate surface area is 181 Å². The maximum absolute atomic E-state index is 12.6. The molecule has 0 unspecified atom stereocenters. The molecule has 1 aliphatic rings. The van der Waals surface area contributed by atoms with Crippen molar-refractivity contribution in [3.05, 3.63) is 46.0 Å². The third kappa shape index (κ3) is 6.65. The second-order valence-electron chi connectivity index (χ2n) is 6.61. The van der Waals surface area contributed by atoms with Crippen LogP contribution in [-0.2, 0) is 30.6 Å². The van der Waals surface area contributed by atoms with Gasteiger partial charge in [0.2, 0.25) is 6.04 Å². The maximum Gasteiger partial charge on any atom is 0.469 e. The molecule has 172 valence electrons.